The minimum absolute atomic E-state index is 0.0949. The number of rotatable bonds is 5. The molecule has 4 heteroatoms. The molecule has 0 bridgehead atoms. The van der Waals surface area contributed by atoms with E-state index in [1.54, 1.807) is 11.8 Å². The number of carboxylic acids is 1. The molecular weight excluding hydrogens is 383 g/mol. The molecule has 0 radical (unpaired) electrons. The van der Waals surface area contributed by atoms with Crippen LogP contribution in [-0.2, 0) is 17.6 Å². The minimum Gasteiger partial charge on any atom is -0.481 e. The van der Waals surface area contributed by atoms with E-state index in [4.69, 9.17) is 5.11 Å². The monoisotopic (exact) mass is 398 g/mol. The van der Waals surface area contributed by atoms with Crippen LogP contribution in [0.2, 0.25) is 0 Å². The van der Waals surface area contributed by atoms with Gasteiger partial charge in [0, 0.05) is 13.4 Å². The molecule has 0 atom stereocenters. The van der Waals surface area contributed by atoms with Gasteiger partial charge in [0.15, 0.2) is 0 Å². The zero-order chi connectivity index (χ0) is 14.5. The molecule has 1 N–H and O–H groups in total. The summed E-state index contributed by atoms with van der Waals surface area (Å²) in [5.41, 5.74) is 2.02. The Morgan fingerprint density at radius 1 is 1.10 bits per heavy atom. The summed E-state index contributed by atoms with van der Waals surface area (Å²) in [6.07, 6.45) is 0.946. The molecule has 0 aromatic heterocycles. The molecule has 0 saturated carbocycles. The molecule has 0 unspecified atom stereocenters. The second kappa shape index (κ2) is 7.13. The third-order valence-corrected chi connectivity index (χ3v) is 4.67. The largest absolute Gasteiger partial charge is 0.481 e. The van der Waals surface area contributed by atoms with Crippen molar-refractivity contribution in [2.75, 3.05) is 0 Å². The van der Waals surface area contributed by atoms with Gasteiger partial charge in [-0.1, -0.05) is 24.8 Å². The predicted octanol–water partition coefficient (Wildman–Crippen LogP) is 4.63. The first kappa shape index (κ1) is 15.4. The smallest absolute Gasteiger partial charge is 0.307 e. The molecule has 2 aromatic rings. The maximum atomic E-state index is 10.8. The summed E-state index contributed by atoms with van der Waals surface area (Å²) in [5.74, 6) is -0.780. The number of carboxylic acid groups (broad SMARTS) is 1. The van der Waals surface area contributed by atoms with E-state index >= 15 is 0 Å². The van der Waals surface area contributed by atoms with Gasteiger partial charge in [0.25, 0.3) is 0 Å². The van der Waals surface area contributed by atoms with Gasteiger partial charge in [0.2, 0.25) is 0 Å². The maximum absolute atomic E-state index is 10.8. The number of hydrogen-bond donors (Lipinski definition) is 1. The van der Waals surface area contributed by atoms with E-state index in [1.165, 1.54) is 8.47 Å². The van der Waals surface area contributed by atoms with Crippen molar-refractivity contribution < 1.29 is 9.90 Å². The fraction of sp³-hybridized carbons (Fsp3) is 0.188. The van der Waals surface area contributed by atoms with Crippen LogP contribution in [0.1, 0.15) is 18.1 Å². The van der Waals surface area contributed by atoms with Gasteiger partial charge in [-0.05, 0) is 76.5 Å². The van der Waals surface area contributed by atoms with Crippen LogP contribution in [0, 0.1) is 3.57 Å². The third kappa shape index (κ3) is 4.24. The maximum Gasteiger partial charge on any atom is 0.307 e. The average molecular weight is 398 g/mol. The Morgan fingerprint density at radius 3 is 2.35 bits per heavy atom. The molecule has 2 nitrogen and oxygen atoms in total. The van der Waals surface area contributed by atoms with E-state index in [1.807, 2.05) is 12.1 Å². The van der Waals surface area contributed by atoms with Gasteiger partial charge in [-0.25, -0.2) is 0 Å². The van der Waals surface area contributed by atoms with E-state index in [9.17, 15) is 4.79 Å². The third-order valence-electron chi connectivity index (χ3n) is 2.95. The summed E-state index contributed by atoms with van der Waals surface area (Å²) in [6, 6.07) is 14.4. The standard InChI is InChI=1S/C16H15IO2S/c1-2-11-9-15(6-3-12(11)10-16(18)19)20-14-7-4-13(17)5-8-14/h3-9H,2,10H2,1H3,(H,18,19). The normalized spacial score (nSPS) is 10.5. The van der Waals surface area contributed by atoms with Crippen LogP contribution in [0.4, 0.5) is 0 Å². The highest BCUT2D eigenvalue weighted by atomic mass is 127. The average Bonchev–Trinajstić information content (AvgIpc) is 2.42. The van der Waals surface area contributed by atoms with Crippen molar-refractivity contribution >= 4 is 40.3 Å². The molecule has 20 heavy (non-hydrogen) atoms. The first-order chi connectivity index (χ1) is 9.58. The van der Waals surface area contributed by atoms with Crippen LogP contribution in [0.5, 0.6) is 0 Å². The van der Waals surface area contributed by atoms with Gasteiger partial charge in [-0.3, -0.25) is 4.79 Å². The molecule has 0 spiro atoms. The number of benzene rings is 2. The summed E-state index contributed by atoms with van der Waals surface area (Å²) in [6.45, 7) is 2.06. The topological polar surface area (TPSA) is 37.3 Å². The summed E-state index contributed by atoms with van der Waals surface area (Å²) < 4.78 is 1.22. The van der Waals surface area contributed by atoms with E-state index in [-0.39, 0.29) is 6.42 Å². The van der Waals surface area contributed by atoms with Gasteiger partial charge in [0.05, 0.1) is 6.42 Å². The second-order valence-corrected chi connectivity index (χ2v) is 6.80. The van der Waals surface area contributed by atoms with Gasteiger partial charge < -0.3 is 5.11 Å². The van der Waals surface area contributed by atoms with Crippen LogP contribution >= 0.6 is 34.4 Å². The Bertz CT molecular complexity index is 608. The van der Waals surface area contributed by atoms with Crippen molar-refractivity contribution in [3.8, 4) is 0 Å². The molecule has 0 saturated heterocycles. The van der Waals surface area contributed by atoms with Crippen molar-refractivity contribution in [1.29, 1.82) is 0 Å². The molecule has 0 aliphatic rings. The van der Waals surface area contributed by atoms with Crippen molar-refractivity contribution in [2.24, 2.45) is 0 Å². The van der Waals surface area contributed by atoms with Crippen LogP contribution in [0.3, 0.4) is 0 Å². The van der Waals surface area contributed by atoms with Crippen LogP contribution in [-0.4, -0.2) is 11.1 Å². The number of carbonyl (C=O) groups is 1. The fourth-order valence-electron chi connectivity index (χ4n) is 1.97. The zero-order valence-electron chi connectivity index (χ0n) is 11.1. The highest BCUT2D eigenvalue weighted by Gasteiger charge is 2.07. The van der Waals surface area contributed by atoms with Gasteiger partial charge in [0.1, 0.15) is 0 Å². The van der Waals surface area contributed by atoms with Crippen LogP contribution < -0.4 is 0 Å². The number of halogens is 1. The van der Waals surface area contributed by atoms with Crippen LogP contribution in [0.15, 0.2) is 52.3 Å². The van der Waals surface area contributed by atoms with Gasteiger partial charge >= 0.3 is 5.97 Å². The Labute approximate surface area is 136 Å². The summed E-state index contributed by atoms with van der Waals surface area (Å²) >= 11 is 3.99. The molecule has 104 valence electrons. The molecular formula is C16H15IO2S. The Hall–Kier alpha value is -1.01. The number of aryl methyl sites for hydroxylation is 1. The lowest BCUT2D eigenvalue weighted by Gasteiger charge is -2.09. The molecule has 0 fully saturated rings. The quantitative estimate of drug-likeness (QED) is 0.747. The summed E-state index contributed by atoms with van der Waals surface area (Å²) in [7, 11) is 0. The number of aliphatic carboxylic acids is 1. The van der Waals surface area contributed by atoms with Crippen molar-refractivity contribution in [3.05, 3.63) is 57.2 Å². The molecule has 0 heterocycles. The lowest BCUT2D eigenvalue weighted by Crippen LogP contribution is -2.03. The summed E-state index contributed by atoms with van der Waals surface area (Å²) in [4.78, 5) is 13.2. The van der Waals surface area contributed by atoms with Crippen molar-refractivity contribution in [2.45, 2.75) is 29.6 Å². The minimum atomic E-state index is -0.780. The van der Waals surface area contributed by atoms with Crippen molar-refractivity contribution in [3.63, 3.8) is 0 Å². The lowest BCUT2D eigenvalue weighted by atomic mass is 10.0. The zero-order valence-corrected chi connectivity index (χ0v) is 14.1. The highest BCUT2D eigenvalue weighted by molar-refractivity contribution is 14.1. The lowest BCUT2D eigenvalue weighted by molar-refractivity contribution is -0.136. The first-order valence-corrected chi connectivity index (χ1v) is 8.25. The van der Waals surface area contributed by atoms with Crippen LogP contribution in [0.25, 0.3) is 0 Å². The Morgan fingerprint density at radius 2 is 1.75 bits per heavy atom. The van der Waals surface area contributed by atoms with E-state index in [0.717, 1.165) is 22.4 Å². The SMILES string of the molecule is CCc1cc(Sc2ccc(I)cc2)ccc1CC(=O)O. The first-order valence-electron chi connectivity index (χ1n) is 6.35. The van der Waals surface area contributed by atoms with Gasteiger partial charge in [-0.15, -0.1) is 0 Å². The Kier molecular flexibility index (Phi) is 5.48. The molecule has 0 amide bonds. The molecule has 2 rings (SSSR count). The molecule has 2 aromatic carbocycles. The Balaban J connectivity index is 2.20. The van der Waals surface area contributed by atoms with Crippen molar-refractivity contribution in [1.82, 2.24) is 0 Å². The number of hydrogen-bond acceptors (Lipinski definition) is 2. The van der Waals surface area contributed by atoms with E-state index in [0.29, 0.717) is 0 Å². The molecule has 0 aliphatic heterocycles. The van der Waals surface area contributed by atoms with E-state index in [2.05, 4.69) is 59.8 Å². The predicted molar refractivity (Wildman–Crippen MR) is 90.4 cm³/mol. The summed E-state index contributed by atoms with van der Waals surface area (Å²) in [5, 5.41) is 8.91. The molecule has 0 aliphatic carbocycles. The fourth-order valence-corrected chi connectivity index (χ4v) is 3.21. The highest BCUT2D eigenvalue weighted by Crippen LogP contribution is 2.30. The van der Waals surface area contributed by atoms with Gasteiger partial charge in [-0.2, -0.15) is 0 Å². The van der Waals surface area contributed by atoms with E-state index < -0.39 is 5.97 Å². The second-order valence-electron chi connectivity index (χ2n) is 4.41.